The minimum atomic E-state index is 0.261. The average molecular weight is 254 g/mol. The van der Waals surface area contributed by atoms with Gasteiger partial charge in [-0.2, -0.15) is 0 Å². The highest BCUT2D eigenvalue weighted by atomic mass is 15.2. The fourth-order valence-electron chi connectivity index (χ4n) is 3.49. The van der Waals surface area contributed by atoms with E-state index in [9.17, 15) is 0 Å². The standard InChI is InChI=1S/C16H34N2/c1-6-14-8-7-10-16(12-17,11-9-14)18(5)13-15(2,3)4/h14H,6-13,17H2,1-5H3. The van der Waals surface area contributed by atoms with Gasteiger partial charge in [-0.05, 0) is 37.6 Å². The van der Waals surface area contributed by atoms with Crippen molar-refractivity contribution in [2.45, 2.75) is 71.8 Å². The summed E-state index contributed by atoms with van der Waals surface area (Å²) in [5.74, 6) is 0.932. The van der Waals surface area contributed by atoms with Crippen molar-refractivity contribution in [2.24, 2.45) is 17.1 Å². The summed E-state index contributed by atoms with van der Waals surface area (Å²) in [5, 5.41) is 0. The molecular formula is C16H34N2. The molecule has 0 aliphatic heterocycles. The van der Waals surface area contributed by atoms with Crippen molar-refractivity contribution >= 4 is 0 Å². The van der Waals surface area contributed by atoms with Crippen molar-refractivity contribution in [1.29, 1.82) is 0 Å². The second-order valence-electron chi connectivity index (χ2n) is 7.55. The first-order chi connectivity index (χ1) is 8.33. The van der Waals surface area contributed by atoms with Crippen LogP contribution in [0.4, 0.5) is 0 Å². The highest BCUT2D eigenvalue weighted by molar-refractivity contribution is 4.94. The van der Waals surface area contributed by atoms with Crippen LogP contribution in [-0.2, 0) is 0 Å². The predicted octanol–water partition coefficient (Wildman–Crippen LogP) is 3.65. The highest BCUT2D eigenvalue weighted by Crippen LogP contribution is 2.36. The number of nitrogens with zero attached hydrogens (tertiary/aromatic N) is 1. The van der Waals surface area contributed by atoms with E-state index < -0.39 is 0 Å². The molecule has 2 atom stereocenters. The Hall–Kier alpha value is -0.0800. The van der Waals surface area contributed by atoms with Crippen molar-refractivity contribution in [3.05, 3.63) is 0 Å². The molecule has 0 spiro atoms. The van der Waals surface area contributed by atoms with Gasteiger partial charge in [-0.3, -0.25) is 4.90 Å². The van der Waals surface area contributed by atoms with E-state index in [2.05, 4.69) is 39.6 Å². The zero-order chi connectivity index (χ0) is 13.8. The van der Waals surface area contributed by atoms with Crippen LogP contribution >= 0.6 is 0 Å². The Balaban J connectivity index is 2.72. The maximum absolute atomic E-state index is 6.17. The van der Waals surface area contributed by atoms with Gasteiger partial charge in [0.15, 0.2) is 0 Å². The normalized spacial score (nSPS) is 30.5. The molecule has 0 aromatic heterocycles. The molecule has 0 amide bonds. The minimum Gasteiger partial charge on any atom is -0.329 e. The highest BCUT2D eigenvalue weighted by Gasteiger charge is 2.36. The van der Waals surface area contributed by atoms with Crippen molar-refractivity contribution in [3.63, 3.8) is 0 Å². The maximum atomic E-state index is 6.17. The van der Waals surface area contributed by atoms with Crippen LogP contribution < -0.4 is 5.73 Å². The maximum Gasteiger partial charge on any atom is 0.0329 e. The monoisotopic (exact) mass is 254 g/mol. The summed E-state index contributed by atoms with van der Waals surface area (Å²) in [6.07, 6.45) is 8.03. The van der Waals surface area contributed by atoms with Crippen LogP contribution in [0.2, 0.25) is 0 Å². The fourth-order valence-corrected chi connectivity index (χ4v) is 3.49. The van der Waals surface area contributed by atoms with Gasteiger partial charge in [0.05, 0.1) is 0 Å². The van der Waals surface area contributed by atoms with E-state index in [4.69, 9.17) is 5.73 Å². The lowest BCUT2D eigenvalue weighted by molar-refractivity contribution is 0.0713. The van der Waals surface area contributed by atoms with Crippen molar-refractivity contribution in [1.82, 2.24) is 4.90 Å². The third-order valence-electron chi connectivity index (χ3n) is 4.75. The molecule has 1 aliphatic carbocycles. The Morgan fingerprint density at radius 2 is 1.89 bits per heavy atom. The minimum absolute atomic E-state index is 0.261. The topological polar surface area (TPSA) is 29.3 Å². The van der Waals surface area contributed by atoms with Crippen molar-refractivity contribution in [3.8, 4) is 0 Å². The Morgan fingerprint density at radius 3 is 2.39 bits per heavy atom. The average Bonchev–Trinajstić information content (AvgIpc) is 2.49. The van der Waals surface area contributed by atoms with E-state index in [-0.39, 0.29) is 5.54 Å². The zero-order valence-electron chi connectivity index (χ0n) is 13.3. The van der Waals surface area contributed by atoms with E-state index >= 15 is 0 Å². The van der Waals surface area contributed by atoms with Crippen LogP contribution in [0.5, 0.6) is 0 Å². The summed E-state index contributed by atoms with van der Waals surface area (Å²) >= 11 is 0. The molecule has 1 rings (SSSR count). The van der Waals surface area contributed by atoms with Crippen LogP contribution in [0.3, 0.4) is 0 Å². The van der Waals surface area contributed by atoms with E-state index in [0.29, 0.717) is 5.41 Å². The molecule has 1 fully saturated rings. The van der Waals surface area contributed by atoms with Crippen LogP contribution in [0.25, 0.3) is 0 Å². The van der Waals surface area contributed by atoms with Crippen LogP contribution in [0.1, 0.15) is 66.2 Å². The molecule has 0 aromatic rings. The second kappa shape index (κ2) is 6.38. The van der Waals surface area contributed by atoms with Gasteiger partial charge in [-0.25, -0.2) is 0 Å². The second-order valence-corrected chi connectivity index (χ2v) is 7.55. The number of hydrogen-bond acceptors (Lipinski definition) is 2. The van der Waals surface area contributed by atoms with Gasteiger partial charge in [-0.1, -0.05) is 47.0 Å². The molecule has 18 heavy (non-hydrogen) atoms. The largest absolute Gasteiger partial charge is 0.329 e. The Morgan fingerprint density at radius 1 is 1.22 bits per heavy atom. The van der Waals surface area contributed by atoms with Gasteiger partial charge in [-0.15, -0.1) is 0 Å². The summed E-state index contributed by atoms with van der Waals surface area (Å²) < 4.78 is 0. The molecule has 0 aromatic carbocycles. The molecule has 0 heterocycles. The molecule has 1 saturated carbocycles. The Labute approximate surface area is 114 Å². The molecule has 2 nitrogen and oxygen atoms in total. The number of nitrogens with two attached hydrogens (primary N) is 1. The number of rotatable bonds is 4. The van der Waals surface area contributed by atoms with Gasteiger partial charge in [0.2, 0.25) is 0 Å². The first-order valence-electron chi connectivity index (χ1n) is 7.74. The van der Waals surface area contributed by atoms with E-state index in [1.54, 1.807) is 0 Å². The lowest BCUT2D eigenvalue weighted by Crippen LogP contribution is -2.54. The summed E-state index contributed by atoms with van der Waals surface area (Å²) in [4.78, 5) is 2.56. The molecule has 108 valence electrons. The first-order valence-corrected chi connectivity index (χ1v) is 7.74. The van der Waals surface area contributed by atoms with Gasteiger partial charge >= 0.3 is 0 Å². The van der Waals surface area contributed by atoms with E-state index in [1.807, 2.05) is 0 Å². The molecule has 1 aliphatic rings. The SMILES string of the molecule is CCC1CCCC(CN)(N(C)CC(C)(C)C)CC1. The smallest absolute Gasteiger partial charge is 0.0329 e. The number of likely N-dealkylation sites (N-methyl/N-ethyl adjacent to an activating group) is 1. The van der Waals surface area contributed by atoms with Crippen molar-refractivity contribution in [2.75, 3.05) is 20.1 Å². The van der Waals surface area contributed by atoms with Crippen molar-refractivity contribution < 1.29 is 0 Å². The Kier molecular flexibility index (Phi) is 5.67. The fraction of sp³-hybridized carbons (Fsp3) is 1.00. The van der Waals surface area contributed by atoms with E-state index in [0.717, 1.165) is 19.0 Å². The van der Waals surface area contributed by atoms with Gasteiger partial charge in [0.1, 0.15) is 0 Å². The third-order valence-corrected chi connectivity index (χ3v) is 4.75. The van der Waals surface area contributed by atoms with Gasteiger partial charge in [0.25, 0.3) is 0 Å². The zero-order valence-corrected chi connectivity index (χ0v) is 13.3. The Bertz CT molecular complexity index is 244. The summed E-state index contributed by atoms with van der Waals surface area (Å²) in [6.45, 7) is 11.2. The number of hydrogen-bond donors (Lipinski definition) is 1. The van der Waals surface area contributed by atoms with Crippen LogP contribution in [0.15, 0.2) is 0 Å². The molecule has 2 unspecified atom stereocenters. The predicted molar refractivity (Wildman–Crippen MR) is 80.7 cm³/mol. The lowest BCUT2D eigenvalue weighted by atomic mass is 9.85. The summed E-state index contributed by atoms with van der Waals surface area (Å²) in [6, 6.07) is 0. The first kappa shape index (κ1) is 16.0. The molecule has 0 saturated heterocycles. The molecular weight excluding hydrogens is 220 g/mol. The van der Waals surface area contributed by atoms with Crippen LogP contribution in [0, 0.1) is 11.3 Å². The molecule has 0 radical (unpaired) electrons. The molecule has 0 bridgehead atoms. The summed E-state index contributed by atoms with van der Waals surface area (Å²) in [5.41, 5.74) is 6.79. The van der Waals surface area contributed by atoms with E-state index in [1.165, 1.54) is 38.5 Å². The van der Waals surface area contributed by atoms with Gasteiger partial charge < -0.3 is 5.73 Å². The quantitative estimate of drug-likeness (QED) is 0.776. The third kappa shape index (κ3) is 4.24. The molecule has 2 heteroatoms. The lowest BCUT2D eigenvalue weighted by Gasteiger charge is -2.44. The molecule has 2 N–H and O–H groups in total. The van der Waals surface area contributed by atoms with Crippen LogP contribution in [-0.4, -0.2) is 30.6 Å². The van der Waals surface area contributed by atoms with Gasteiger partial charge in [0, 0.05) is 18.6 Å². The summed E-state index contributed by atoms with van der Waals surface area (Å²) in [7, 11) is 2.28.